The zero-order valence-corrected chi connectivity index (χ0v) is 27.9. The van der Waals surface area contributed by atoms with Crippen molar-refractivity contribution in [2.75, 3.05) is 13.3 Å². The third kappa shape index (κ3) is 4.58. The first-order valence-corrected chi connectivity index (χ1v) is 17.7. The molecule has 7 nitrogen and oxygen atoms in total. The Hall–Kier alpha value is -1.58. The molecule has 3 saturated carbocycles. The van der Waals surface area contributed by atoms with Crippen LogP contribution in [0.1, 0.15) is 100 Å². The Morgan fingerprint density at radius 3 is 2.33 bits per heavy atom. The van der Waals surface area contributed by atoms with Gasteiger partial charge in [0.15, 0.2) is 17.9 Å². The highest BCUT2D eigenvalue weighted by molar-refractivity contribution is 7.51. The molecule has 0 saturated heterocycles. The van der Waals surface area contributed by atoms with E-state index in [1.807, 2.05) is 26.0 Å². The van der Waals surface area contributed by atoms with E-state index in [2.05, 4.69) is 40.7 Å². The summed E-state index contributed by atoms with van der Waals surface area (Å²) < 4.78 is 23.3. The number of Topliss-reactive ketones (excluding diaryl/α,β-unsaturated/α-hetero) is 1. The van der Waals surface area contributed by atoms with Gasteiger partial charge in [-0.1, -0.05) is 60.1 Å². The minimum absolute atomic E-state index is 0.0223. The molecule has 0 aromatic heterocycles. The molecular formula is C34H50NO6P. The zero-order chi connectivity index (χ0) is 31.3. The van der Waals surface area contributed by atoms with E-state index in [1.54, 1.807) is 6.92 Å². The summed E-state index contributed by atoms with van der Waals surface area (Å²) >= 11 is 0. The van der Waals surface area contributed by atoms with Crippen LogP contribution < -0.4 is 0 Å². The third-order valence-electron chi connectivity index (χ3n) is 13.0. The number of carbonyl (C=O) groups is 2. The van der Waals surface area contributed by atoms with Crippen LogP contribution in [0.5, 0.6) is 0 Å². The number of fused-ring (bicyclic) bond motifs is 7. The number of ketones is 2. The molecule has 0 aromatic carbocycles. The summed E-state index contributed by atoms with van der Waals surface area (Å²) in [7, 11) is -3.69. The Balaban J connectivity index is 1.59. The van der Waals surface area contributed by atoms with Gasteiger partial charge in [-0.25, -0.2) is 0 Å². The molecule has 42 heavy (non-hydrogen) atoms. The van der Waals surface area contributed by atoms with Crippen LogP contribution >= 0.6 is 7.60 Å². The van der Waals surface area contributed by atoms with Gasteiger partial charge in [0.05, 0.1) is 12.2 Å². The Bertz CT molecular complexity index is 1350. The van der Waals surface area contributed by atoms with Crippen molar-refractivity contribution in [3.05, 3.63) is 23.3 Å². The van der Waals surface area contributed by atoms with Crippen molar-refractivity contribution in [3.8, 4) is 6.07 Å². The van der Waals surface area contributed by atoms with Crippen molar-refractivity contribution in [2.24, 2.45) is 50.2 Å². The van der Waals surface area contributed by atoms with Gasteiger partial charge in [-0.15, -0.1) is 0 Å². The van der Waals surface area contributed by atoms with Crippen molar-refractivity contribution in [1.82, 2.24) is 0 Å². The lowest BCUT2D eigenvalue weighted by atomic mass is 9.34. The van der Waals surface area contributed by atoms with E-state index in [-0.39, 0.29) is 56.6 Å². The second-order valence-corrected chi connectivity index (χ2v) is 18.2. The van der Waals surface area contributed by atoms with Crippen molar-refractivity contribution < 1.29 is 28.3 Å². The summed E-state index contributed by atoms with van der Waals surface area (Å²) in [5, 5.41) is 9.93. The summed E-state index contributed by atoms with van der Waals surface area (Å²) in [6.45, 7) is 18.6. The molecule has 0 aromatic rings. The molecule has 1 N–H and O–H groups in total. The Morgan fingerprint density at radius 1 is 1.07 bits per heavy atom. The summed E-state index contributed by atoms with van der Waals surface area (Å²) in [6, 6.07) is 2.18. The fourth-order valence-electron chi connectivity index (χ4n) is 10.6. The maximum absolute atomic E-state index is 14.6. The van der Waals surface area contributed by atoms with Gasteiger partial charge >= 0.3 is 7.60 Å². The van der Waals surface area contributed by atoms with Crippen LogP contribution in [0.2, 0.25) is 0 Å². The van der Waals surface area contributed by atoms with Crippen LogP contribution in [0.25, 0.3) is 0 Å². The fraction of sp³-hybridized carbons (Fsp3) is 0.794. The van der Waals surface area contributed by atoms with Gasteiger partial charge in [0.25, 0.3) is 0 Å². The summed E-state index contributed by atoms with van der Waals surface area (Å²) in [5.41, 5.74) is -0.585. The van der Waals surface area contributed by atoms with Crippen LogP contribution in [-0.2, 0) is 23.4 Å². The summed E-state index contributed by atoms with van der Waals surface area (Å²) in [4.78, 5) is 37.6. The first kappa shape index (κ1) is 31.8. The van der Waals surface area contributed by atoms with Gasteiger partial charge in [0.1, 0.15) is 6.07 Å². The quantitative estimate of drug-likeness (QED) is 0.259. The highest BCUT2D eigenvalue weighted by Gasteiger charge is 2.69. The topological polar surface area (TPSA) is 114 Å². The average Bonchev–Trinajstić information content (AvgIpc) is 2.85. The lowest BCUT2D eigenvalue weighted by Crippen LogP contribution is -2.65. The van der Waals surface area contributed by atoms with Crippen LogP contribution in [0.15, 0.2) is 23.3 Å². The highest BCUT2D eigenvalue weighted by atomic mass is 31.2. The number of nitriles is 1. The van der Waals surface area contributed by atoms with Crippen molar-refractivity contribution in [1.29, 1.82) is 5.26 Å². The molecule has 9 atom stereocenters. The number of rotatable bonds is 5. The van der Waals surface area contributed by atoms with Crippen molar-refractivity contribution in [3.63, 3.8) is 0 Å². The number of allylic oxidation sites excluding steroid dienone is 4. The predicted octanol–water partition coefficient (Wildman–Crippen LogP) is 7.40. The van der Waals surface area contributed by atoms with Gasteiger partial charge in [-0.3, -0.25) is 18.7 Å². The SMILES string of the molecule is CC(OC[C@]12CCC(C)(C)C[C@H]1[C@H]1C(=O)C=C3[C@@]4(C)C=C(C#N)C(=O)C(C)(C)[C@@H]4CC[C@@]3(C)[C@]1(C)CC2)OP(C)(=O)O. The van der Waals surface area contributed by atoms with E-state index in [9.17, 15) is 24.3 Å². The molecule has 0 spiro atoms. The fourth-order valence-corrected chi connectivity index (χ4v) is 11.2. The molecule has 3 fully saturated rings. The van der Waals surface area contributed by atoms with Crippen molar-refractivity contribution in [2.45, 2.75) is 107 Å². The van der Waals surface area contributed by atoms with Gasteiger partial charge in [0, 0.05) is 23.4 Å². The van der Waals surface area contributed by atoms with Gasteiger partial charge in [0.2, 0.25) is 0 Å². The largest absolute Gasteiger partial charge is 0.352 e. The molecule has 5 aliphatic rings. The predicted molar refractivity (Wildman–Crippen MR) is 161 cm³/mol. The molecule has 0 aliphatic heterocycles. The van der Waals surface area contributed by atoms with Gasteiger partial charge < -0.3 is 9.63 Å². The molecular weight excluding hydrogens is 549 g/mol. The lowest BCUT2D eigenvalue weighted by Gasteiger charge is -2.69. The van der Waals surface area contributed by atoms with E-state index in [1.165, 1.54) is 6.66 Å². The van der Waals surface area contributed by atoms with Gasteiger partial charge in [-0.05, 0) is 91.4 Å². The maximum atomic E-state index is 14.6. The van der Waals surface area contributed by atoms with E-state index in [4.69, 9.17) is 9.26 Å². The Labute approximate surface area is 252 Å². The maximum Gasteiger partial charge on any atom is 0.327 e. The first-order valence-electron chi connectivity index (χ1n) is 15.7. The van der Waals surface area contributed by atoms with Crippen molar-refractivity contribution >= 4 is 19.2 Å². The van der Waals surface area contributed by atoms with E-state index in [0.29, 0.717) is 6.61 Å². The highest BCUT2D eigenvalue weighted by Crippen LogP contribution is 2.74. The molecule has 2 unspecified atom stereocenters. The van der Waals surface area contributed by atoms with Crippen LogP contribution in [0, 0.1) is 61.6 Å². The van der Waals surface area contributed by atoms with E-state index < -0.39 is 24.7 Å². The lowest BCUT2D eigenvalue weighted by molar-refractivity contribution is -0.195. The first-order chi connectivity index (χ1) is 19.2. The summed E-state index contributed by atoms with van der Waals surface area (Å²) in [6.07, 6.45) is 9.46. The number of hydrogen-bond donors (Lipinski definition) is 1. The minimum atomic E-state index is -3.69. The molecule has 0 heterocycles. The normalized spacial score (nSPS) is 44.2. The second-order valence-electron chi connectivity index (χ2n) is 16.4. The number of carbonyl (C=O) groups excluding carboxylic acids is 2. The molecule has 0 amide bonds. The molecule has 5 aliphatic carbocycles. The molecule has 232 valence electrons. The molecule has 5 rings (SSSR count). The smallest absolute Gasteiger partial charge is 0.327 e. The van der Waals surface area contributed by atoms with Crippen LogP contribution in [0.3, 0.4) is 0 Å². The van der Waals surface area contributed by atoms with Crippen LogP contribution in [0.4, 0.5) is 0 Å². The second kappa shape index (κ2) is 9.71. The number of nitrogens with zero attached hydrogens (tertiary/aromatic N) is 1. The number of hydrogen-bond acceptors (Lipinski definition) is 6. The standard InChI is InChI=1S/C34H50NO6P/c1-21(41-42(9,38)39)40-20-34-14-12-29(2,3)18-23(34)27-24(36)16-26-31(6)17-22(19-35)28(37)30(4,5)25(31)10-11-32(26,7)33(27,8)13-15-34/h16-17,21,23,25,27H,10-15,18,20H2,1-9H3,(H,38,39)/t21?,23-,25-,27-,31-,32+,33+,34+/m0/s1. The molecule has 0 radical (unpaired) electrons. The molecule has 8 heteroatoms. The third-order valence-corrected chi connectivity index (χ3v) is 13.7. The molecule has 0 bridgehead atoms. The van der Waals surface area contributed by atoms with E-state index >= 15 is 0 Å². The Morgan fingerprint density at radius 2 is 1.71 bits per heavy atom. The van der Waals surface area contributed by atoms with Gasteiger partial charge in [-0.2, -0.15) is 5.26 Å². The Kier molecular flexibility index (Phi) is 7.36. The van der Waals surface area contributed by atoms with E-state index in [0.717, 1.165) is 50.5 Å². The average molecular weight is 600 g/mol. The zero-order valence-electron chi connectivity index (χ0n) is 27.0. The summed E-state index contributed by atoms with van der Waals surface area (Å²) in [5.74, 6) is 0.0324. The minimum Gasteiger partial charge on any atom is -0.352 e. The monoisotopic (exact) mass is 599 g/mol. The number of ether oxygens (including phenoxy) is 1. The van der Waals surface area contributed by atoms with Crippen LogP contribution in [-0.4, -0.2) is 36.0 Å².